The van der Waals surface area contributed by atoms with Gasteiger partial charge in [0.05, 0.1) is 12.2 Å². The molecule has 1 N–H and O–H groups in total. The molecule has 0 saturated carbocycles. The fraction of sp³-hybridized carbons (Fsp3) is 0.647. The summed E-state index contributed by atoms with van der Waals surface area (Å²) >= 11 is 1.46. The number of hydrogen-bond donors (Lipinski definition) is 1. The van der Waals surface area contributed by atoms with E-state index in [-0.39, 0.29) is 5.97 Å². The fourth-order valence-electron chi connectivity index (χ4n) is 2.65. The van der Waals surface area contributed by atoms with Crippen molar-refractivity contribution in [1.29, 1.82) is 0 Å². The van der Waals surface area contributed by atoms with E-state index in [4.69, 9.17) is 9.47 Å². The van der Waals surface area contributed by atoms with E-state index in [1.54, 1.807) is 27.7 Å². The number of amides is 1. The second-order valence-electron chi connectivity index (χ2n) is 6.90. The number of anilines is 1. The normalized spacial score (nSPS) is 17.3. The second-order valence-corrected chi connectivity index (χ2v) is 8.01. The number of esters is 1. The Hall–Kier alpha value is -1.56. The highest BCUT2D eigenvalue weighted by Gasteiger charge is 2.29. The van der Waals surface area contributed by atoms with E-state index in [0.717, 1.165) is 29.7 Å². The van der Waals surface area contributed by atoms with Gasteiger partial charge in [-0.1, -0.05) is 6.92 Å². The summed E-state index contributed by atoms with van der Waals surface area (Å²) in [5.74, 6) is 0.219. The zero-order valence-electron chi connectivity index (χ0n) is 14.4. The molecule has 0 spiro atoms. The van der Waals surface area contributed by atoms with Gasteiger partial charge in [0.25, 0.3) is 0 Å². The number of hydrogen-bond acceptors (Lipinski definition) is 5. The molecule has 1 aromatic heterocycles. The zero-order chi connectivity index (χ0) is 17.2. The van der Waals surface area contributed by atoms with Crippen LogP contribution in [0.4, 0.5) is 9.80 Å². The first-order valence-electron chi connectivity index (χ1n) is 8.03. The number of ether oxygens (including phenoxy) is 2. The van der Waals surface area contributed by atoms with Crippen molar-refractivity contribution in [2.24, 2.45) is 5.92 Å². The molecule has 1 unspecified atom stereocenters. The molecular formula is C17H25NO4S. The fourth-order valence-corrected chi connectivity index (χ4v) is 4.04. The number of thiophene rings is 1. The lowest BCUT2D eigenvalue weighted by atomic mass is 9.88. The number of nitrogens with one attached hydrogen (secondary N) is 1. The van der Waals surface area contributed by atoms with E-state index >= 15 is 0 Å². The standard InChI is InChI=1S/C17H25NO4S/c1-6-21-15(19)13-11-8-7-10(2)9-12(11)23-14(13)18-16(20)22-17(3,4)5/h10H,6-9H2,1-5H3,(H,18,20). The third kappa shape index (κ3) is 4.47. The first kappa shape index (κ1) is 17.8. The Morgan fingerprint density at radius 1 is 1.35 bits per heavy atom. The second kappa shape index (κ2) is 6.91. The molecule has 0 aromatic carbocycles. The van der Waals surface area contributed by atoms with Crippen LogP contribution in [0.2, 0.25) is 0 Å². The van der Waals surface area contributed by atoms with Crippen LogP contribution in [0.25, 0.3) is 0 Å². The molecule has 2 rings (SSSR count). The third-order valence-electron chi connectivity index (χ3n) is 3.61. The maximum atomic E-state index is 12.3. The van der Waals surface area contributed by atoms with Gasteiger partial charge in [0, 0.05) is 4.88 Å². The molecule has 1 aromatic rings. The summed E-state index contributed by atoms with van der Waals surface area (Å²) in [5.41, 5.74) is 0.946. The highest BCUT2D eigenvalue weighted by molar-refractivity contribution is 7.17. The van der Waals surface area contributed by atoms with Gasteiger partial charge in [-0.2, -0.15) is 0 Å². The quantitative estimate of drug-likeness (QED) is 0.829. The summed E-state index contributed by atoms with van der Waals surface area (Å²) in [4.78, 5) is 25.6. The summed E-state index contributed by atoms with van der Waals surface area (Å²) in [6.45, 7) is 9.71. The van der Waals surface area contributed by atoms with E-state index < -0.39 is 11.7 Å². The van der Waals surface area contributed by atoms with Crippen LogP contribution < -0.4 is 5.32 Å². The summed E-state index contributed by atoms with van der Waals surface area (Å²) in [5, 5.41) is 3.27. The van der Waals surface area contributed by atoms with Crippen molar-refractivity contribution in [3.8, 4) is 0 Å². The summed E-state index contributed by atoms with van der Waals surface area (Å²) in [6, 6.07) is 0. The first-order chi connectivity index (χ1) is 10.7. The maximum absolute atomic E-state index is 12.3. The lowest BCUT2D eigenvalue weighted by molar-refractivity contribution is 0.0526. The summed E-state index contributed by atoms with van der Waals surface area (Å²) < 4.78 is 10.5. The van der Waals surface area contributed by atoms with E-state index in [1.807, 2.05) is 0 Å². The lowest BCUT2D eigenvalue weighted by Gasteiger charge is -2.19. The van der Waals surface area contributed by atoms with Gasteiger partial charge >= 0.3 is 12.1 Å². The molecule has 1 aliphatic carbocycles. The van der Waals surface area contributed by atoms with Gasteiger partial charge < -0.3 is 9.47 Å². The van der Waals surface area contributed by atoms with Crippen LogP contribution >= 0.6 is 11.3 Å². The Kier molecular flexibility index (Phi) is 5.34. The lowest BCUT2D eigenvalue weighted by Crippen LogP contribution is -2.27. The van der Waals surface area contributed by atoms with Gasteiger partial charge in [-0.05, 0) is 58.4 Å². The van der Waals surface area contributed by atoms with Gasteiger partial charge in [-0.25, -0.2) is 9.59 Å². The van der Waals surface area contributed by atoms with Crippen LogP contribution in [0, 0.1) is 5.92 Å². The van der Waals surface area contributed by atoms with E-state index in [9.17, 15) is 9.59 Å². The molecule has 0 bridgehead atoms. The Bertz CT molecular complexity index is 600. The molecule has 0 fully saturated rings. The largest absolute Gasteiger partial charge is 0.462 e. The molecule has 0 aliphatic heterocycles. The molecule has 5 nitrogen and oxygen atoms in total. The topological polar surface area (TPSA) is 64.6 Å². The Balaban J connectivity index is 2.30. The van der Waals surface area contributed by atoms with E-state index in [1.165, 1.54) is 11.3 Å². The van der Waals surface area contributed by atoms with Crippen LogP contribution in [0.3, 0.4) is 0 Å². The van der Waals surface area contributed by atoms with Gasteiger partial charge in [0.2, 0.25) is 0 Å². The van der Waals surface area contributed by atoms with Crippen molar-refractivity contribution >= 4 is 28.4 Å². The molecular weight excluding hydrogens is 314 g/mol. The third-order valence-corrected chi connectivity index (χ3v) is 4.78. The molecule has 23 heavy (non-hydrogen) atoms. The van der Waals surface area contributed by atoms with Crippen molar-refractivity contribution in [2.75, 3.05) is 11.9 Å². The minimum atomic E-state index is -0.584. The predicted octanol–water partition coefficient (Wildman–Crippen LogP) is 4.40. The molecule has 1 heterocycles. The Labute approximate surface area is 141 Å². The summed E-state index contributed by atoms with van der Waals surface area (Å²) in [6.07, 6.45) is 2.27. The van der Waals surface area contributed by atoms with Crippen LogP contribution in [0.15, 0.2) is 0 Å². The van der Waals surface area contributed by atoms with Crippen molar-refractivity contribution in [2.45, 2.75) is 59.5 Å². The number of rotatable bonds is 3. The average Bonchev–Trinajstić information content (AvgIpc) is 2.73. The van der Waals surface area contributed by atoms with Crippen LogP contribution in [0.1, 0.15) is 61.8 Å². The SMILES string of the molecule is CCOC(=O)c1c(NC(=O)OC(C)(C)C)sc2c1CCC(C)C2. The monoisotopic (exact) mass is 339 g/mol. The van der Waals surface area contributed by atoms with Crippen molar-refractivity contribution in [1.82, 2.24) is 0 Å². The molecule has 128 valence electrons. The number of carbonyl (C=O) groups is 2. The highest BCUT2D eigenvalue weighted by Crippen LogP contribution is 2.40. The zero-order valence-corrected chi connectivity index (χ0v) is 15.3. The van der Waals surface area contributed by atoms with Gasteiger partial charge in [-0.15, -0.1) is 11.3 Å². The van der Waals surface area contributed by atoms with Gasteiger partial charge in [0.1, 0.15) is 10.6 Å². The van der Waals surface area contributed by atoms with Crippen molar-refractivity contribution < 1.29 is 19.1 Å². The minimum Gasteiger partial charge on any atom is -0.462 e. The molecule has 1 amide bonds. The average molecular weight is 339 g/mol. The van der Waals surface area contributed by atoms with Gasteiger partial charge in [0.15, 0.2) is 0 Å². The van der Waals surface area contributed by atoms with Crippen molar-refractivity contribution in [3.05, 3.63) is 16.0 Å². The first-order valence-corrected chi connectivity index (χ1v) is 8.84. The van der Waals surface area contributed by atoms with E-state index in [0.29, 0.717) is 23.1 Å². The van der Waals surface area contributed by atoms with Crippen LogP contribution in [0.5, 0.6) is 0 Å². The Morgan fingerprint density at radius 2 is 2.04 bits per heavy atom. The van der Waals surface area contributed by atoms with Crippen molar-refractivity contribution in [3.63, 3.8) is 0 Å². The van der Waals surface area contributed by atoms with Gasteiger partial charge in [-0.3, -0.25) is 5.32 Å². The highest BCUT2D eigenvalue weighted by atomic mass is 32.1. The van der Waals surface area contributed by atoms with Crippen LogP contribution in [-0.2, 0) is 22.3 Å². The number of carbonyl (C=O) groups excluding carboxylic acids is 2. The molecule has 6 heteroatoms. The minimum absolute atomic E-state index is 0.311. The molecule has 1 atom stereocenters. The predicted molar refractivity (Wildman–Crippen MR) is 91.3 cm³/mol. The molecule has 0 radical (unpaired) electrons. The Morgan fingerprint density at radius 3 is 2.65 bits per heavy atom. The smallest absolute Gasteiger partial charge is 0.412 e. The molecule has 0 saturated heterocycles. The summed E-state index contributed by atoms with van der Waals surface area (Å²) in [7, 11) is 0. The van der Waals surface area contributed by atoms with Crippen LogP contribution in [-0.4, -0.2) is 24.3 Å². The maximum Gasteiger partial charge on any atom is 0.412 e. The number of fused-ring (bicyclic) bond motifs is 1. The van der Waals surface area contributed by atoms with E-state index in [2.05, 4.69) is 12.2 Å². The molecule has 1 aliphatic rings.